The van der Waals surface area contributed by atoms with Gasteiger partial charge in [-0.3, -0.25) is 0 Å². The van der Waals surface area contributed by atoms with E-state index in [1.165, 1.54) is 35.6 Å². The molecule has 0 aliphatic rings. The Morgan fingerprint density at radius 1 is 1.00 bits per heavy atom. The van der Waals surface area contributed by atoms with Gasteiger partial charge in [0.2, 0.25) is 0 Å². The smallest absolute Gasteiger partial charge is 0.355 e. The summed E-state index contributed by atoms with van der Waals surface area (Å²) in [7, 11) is 0. The lowest BCUT2D eigenvalue weighted by atomic mass is 10.2. The van der Waals surface area contributed by atoms with Crippen LogP contribution in [0.4, 0.5) is 0 Å². The van der Waals surface area contributed by atoms with E-state index in [0.29, 0.717) is 34.4 Å². The van der Waals surface area contributed by atoms with Gasteiger partial charge in [0, 0.05) is 16.7 Å². The average Bonchev–Trinajstić information content (AvgIpc) is 3.03. The average molecular weight is 405 g/mol. The van der Waals surface area contributed by atoms with Crippen LogP contribution in [0.5, 0.6) is 5.75 Å². The maximum Gasteiger partial charge on any atom is 0.355 e. The maximum absolute atomic E-state index is 12.4. The van der Waals surface area contributed by atoms with Gasteiger partial charge < -0.3 is 14.2 Å². The van der Waals surface area contributed by atoms with Crippen LogP contribution in [0.15, 0.2) is 48.5 Å². The molecule has 1 heterocycles. The number of halogens is 1. The summed E-state index contributed by atoms with van der Waals surface area (Å²) in [6.45, 7) is 2.98. The number of benzene rings is 2. The predicted molar refractivity (Wildman–Crippen MR) is 105 cm³/mol. The molecule has 2 aromatic carbocycles. The summed E-state index contributed by atoms with van der Waals surface area (Å²) >= 11 is 7.57. The van der Waals surface area contributed by atoms with Crippen molar-refractivity contribution in [3.8, 4) is 5.75 Å². The zero-order valence-electron chi connectivity index (χ0n) is 14.6. The third kappa shape index (κ3) is 4.66. The molecule has 0 atom stereocenters. The van der Waals surface area contributed by atoms with E-state index in [2.05, 4.69) is 0 Å². The van der Waals surface area contributed by atoms with Gasteiger partial charge in [0.15, 0.2) is 0 Å². The topological polar surface area (TPSA) is 61.8 Å². The summed E-state index contributed by atoms with van der Waals surface area (Å²) in [5, 5.41) is 1.20. The first-order valence-electron chi connectivity index (χ1n) is 8.34. The minimum Gasteiger partial charge on any atom is -0.460 e. The number of carbonyl (C=O) groups excluding carboxylic acids is 2. The number of rotatable bonds is 7. The van der Waals surface area contributed by atoms with Crippen LogP contribution in [0.1, 0.15) is 27.0 Å². The van der Waals surface area contributed by atoms with E-state index in [-0.39, 0.29) is 6.61 Å². The fourth-order valence-electron chi connectivity index (χ4n) is 2.38. The van der Waals surface area contributed by atoms with Crippen LogP contribution < -0.4 is 4.74 Å². The summed E-state index contributed by atoms with van der Waals surface area (Å²) < 4.78 is 16.5. The second kappa shape index (κ2) is 8.99. The molecule has 0 radical (unpaired) electrons. The Kier molecular flexibility index (Phi) is 6.45. The van der Waals surface area contributed by atoms with E-state index < -0.39 is 11.9 Å². The predicted octanol–water partition coefficient (Wildman–Crippen LogP) is 4.97. The third-order valence-corrected chi connectivity index (χ3v) is 5.34. The second-order valence-electron chi connectivity index (χ2n) is 5.49. The Bertz CT molecular complexity index is 949. The van der Waals surface area contributed by atoms with E-state index in [1.54, 1.807) is 0 Å². The van der Waals surface area contributed by atoms with Crippen LogP contribution >= 0.6 is 22.9 Å². The zero-order valence-corrected chi connectivity index (χ0v) is 16.1. The van der Waals surface area contributed by atoms with Crippen molar-refractivity contribution in [3.63, 3.8) is 0 Å². The van der Waals surface area contributed by atoms with Crippen molar-refractivity contribution in [2.24, 2.45) is 0 Å². The molecule has 0 spiro atoms. The molecule has 0 unspecified atom stereocenters. The molecule has 0 N–H and O–H groups in total. The van der Waals surface area contributed by atoms with Gasteiger partial charge in [-0.1, -0.05) is 29.8 Å². The highest BCUT2D eigenvalue weighted by atomic mass is 35.5. The largest absolute Gasteiger partial charge is 0.460 e. The first-order chi connectivity index (χ1) is 13.1. The molecular weight excluding hydrogens is 388 g/mol. The lowest BCUT2D eigenvalue weighted by molar-refractivity contribution is 0.0335. The molecule has 3 rings (SSSR count). The minimum atomic E-state index is -0.534. The lowest BCUT2D eigenvalue weighted by Crippen LogP contribution is -2.11. The molecular formula is C20H17ClO5S. The minimum absolute atomic E-state index is 0.188. The van der Waals surface area contributed by atoms with Crippen LogP contribution in [0, 0.1) is 0 Å². The third-order valence-electron chi connectivity index (χ3n) is 3.69. The summed E-state index contributed by atoms with van der Waals surface area (Å²) in [4.78, 5) is 24.7. The summed E-state index contributed by atoms with van der Waals surface area (Å²) in [5.41, 5.74) is 0.367. The monoisotopic (exact) mass is 404 g/mol. The SMILES string of the molecule is CCOCCOC(=O)c1ccc(OC(=O)c2sc3ccccc3c2Cl)cc1. The van der Waals surface area contributed by atoms with Gasteiger partial charge in [0.1, 0.15) is 17.2 Å². The molecule has 0 aliphatic heterocycles. The number of thiophene rings is 1. The van der Waals surface area contributed by atoms with Crippen LogP contribution in [0.3, 0.4) is 0 Å². The van der Waals surface area contributed by atoms with Crippen LogP contribution in [0.2, 0.25) is 5.02 Å². The fourth-order valence-corrected chi connectivity index (χ4v) is 3.76. The molecule has 5 nitrogen and oxygen atoms in total. The van der Waals surface area contributed by atoms with Crippen molar-refractivity contribution in [1.29, 1.82) is 0 Å². The number of hydrogen-bond acceptors (Lipinski definition) is 6. The molecule has 0 saturated heterocycles. The summed E-state index contributed by atoms with van der Waals surface area (Å²) in [6.07, 6.45) is 0. The van der Waals surface area contributed by atoms with Crippen LogP contribution in [-0.2, 0) is 9.47 Å². The van der Waals surface area contributed by atoms with E-state index in [1.807, 2.05) is 31.2 Å². The number of fused-ring (bicyclic) bond motifs is 1. The van der Waals surface area contributed by atoms with Crippen molar-refractivity contribution < 1.29 is 23.8 Å². The highest BCUT2D eigenvalue weighted by Crippen LogP contribution is 2.35. The number of carbonyl (C=O) groups is 2. The summed E-state index contributed by atoms with van der Waals surface area (Å²) in [6, 6.07) is 13.7. The van der Waals surface area contributed by atoms with Crippen molar-refractivity contribution in [3.05, 3.63) is 64.0 Å². The van der Waals surface area contributed by atoms with Crippen LogP contribution in [-0.4, -0.2) is 31.8 Å². The molecule has 3 aromatic rings. The van der Waals surface area contributed by atoms with Crippen molar-refractivity contribution in [1.82, 2.24) is 0 Å². The molecule has 140 valence electrons. The van der Waals surface area contributed by atoms with E-state index in [9.17, 15) is 9.59 Å². The normalized spacial score (nSPS) is 10.7. The first-order valence-corrected chi connectivity index (χ1v) is 9.53. The standard InChI is InChI=1S/C20H17ClO5S/c1-2-24-11-12-25-19(22)13-7-9-14(10-8-13)26-20(23)18-17(21)15-5-3-4-6-16(15)27-18/h3-10H,2,11-12H2,1H3. The Morgan fingerprint density at radius 2 is 1.74 bits per heavy atom. The van der Waals surface area contributed by atoms with E-state index >= 15 is 0 Å². The lowest BCUT2D eigenvalue weighted by Gasteiger charge is -2.06. The quantitative estimate of drug-likeness (QED) is 0.316. The maximum atomic E-state index is 12.4. The molecule has 7 heteroatoms. The van der Waals surface area contributed by atoms with Crippen molar-refractivity contribution >= 4 is 45.0 Å². The van der Waals surface area contributed by atoms with Gasteiger partial charge in [-0.15, -0.1) is 11.3 Å². The Morgan fingerprint density at radius 3 is 2.44 bits per heavy atom. The Hall–Kier alpha value is -2.41. The molecule has 0 saturated carbocycles. The molecule has 0 fully saturated rings. The molecule has 0 aliphatic carbocycles. The molecule has 1 aromatic heterocycles. The van der Waals surface area contributed by atoms with E-state index in [4.69, 9.17) is 25.8 Å². The van der Waals surface area contributed by atoms with Gasteiger partial charge in [-0.2, -0.15) is 0 Å². The first kappa shape index (κ1) is 19.4. The summed E-state index contributed by atoms with van der Waals surface area (Å²) in [5.74, 6) is -0.673. The number of esters is 2. The van der Waals surface area contributed by atoms with Crippen molar-refractivity contribution in [2.45, 2.75) is 6.92 Å². The number of hydrogen-bond donors (Lipinski definition) is 0. The molecule has 0 bridgehead atoms. The highest BCUT2D eigenvalue weighted by molar-refractivity contribution is 7.21. The molecule has 27 heavy (non-hydrogen) atoms. The molecule has 0 amide bonds. The van der Waals surface area contributed by atoms with Gasteiger partial charge in [-0.05, 0) is 37.3 Å². The van der Waals surface area contributed by atoms with E-state index in [0.717, 1.165) is 10.1 Å². The van der Waals surface area contributed by atoms with Gasteiger partial charge in [0.25, 0.3) is 0 Å². The second-order valence-corrected chi connectivity index (χ2v) is 6.92. The zero-order chi connectivity index (χ0) is 19.2. The van der Waals surface area contributed by atoms with Gasteiger partial charge in [0.05, 0.1) is 17.2 Å². The Balaban J connectivity index is 1.64. The van der Waals surface area contributed by atoms with Crippen molar-refractivity contribution in [2.75, 3.05) is 19.8 Å². The highest BCUT2D eigenvalue weighted by Gasteiger charge is 2.19. The fraction of sp³-hybridized carbons (Fsp3) is 0.200. The Labute approximate surface area is 165 Å². The number of ether oxygens (including phenoxy) is 3. The van der Waals surface area contributed by atoms with Gasteiger partial charge in [-0.25, -0.2) is 9.59 Å². The van der Waals surface area contributed by atoms with Gasteiger partial charge >= 0.3 is 11.9 Å². The van der Waals surface area contributed by atoms with Crippen LogP contribution in [0.25, 0.3) is 10.1 Å².